The molecule has 1 heterocycles. The lowest BCUT2D eigenvalue weighted by molar-refractivity contribution is -0.141. The van der Waals surface area contributed by atoms with Crippen molar-refractivity contribution in [1.29, 1.82) is 0 Å². The number of amides is 2. The highest BCUT2D eigenvalue weighted by Crippen LogP contribution is 2.40. The van der Waals surface area contributed by atoms with Gasteiger partial charge in [-0.25, -0.2) is 4.79 Å². The number of carbonyl (C=O) groups excluding carboxylic acids is 2. The standard InChI is InChI=1S/C15H26N2O4/c1-7-11(18)16-8-15(14(5,6)20)9-17(10-15)12(19)21-13(2,3)4/h7,20H,1,8-10H2,2-6H3,(H,16,18). The number of carbonyl (C=O) groups is 2. The van der Waals surface area contributed by atoms with Crippen LogP contribution in [0.1, 0.15) is 34.6 Å². The molecule has 0 spiro atoms. The summed E-state index contributed by atoms with van der Waals surface area (Å²) in [5.41, 5.74) is -2.16. The summed E-state index contributed by atoms with van der Waals surface area (Å²) in [6, 6.07) is 0. The van der Waals surface area contributed by atoms with E-state index in [1.165, 1.54) is 11.0 Å². The second-order valence-electron chi connectivity index (χ2n) is 7.10. The van der Waals surface area contributed by atoms with Crippen molar-refractivity contribution in [2.24, 2.45) is 5.41 Å². The maximum Gasteiger partial charge on any atom is 0.410 e. The van der Waals surface area contributed by atoms with Crippen LogP contribution in [0.2, 0.25) is 0 Å². The number of aliphatic hydroxyl groups is 1. The highest BCUT2D eigenvalue weighted by atomic mass is 16.6. The minimum Gasteiger partial charge on any atom is -0.444 e. The molecule has 1 aliphatic rings. The van der Waals surface area contributed by atoms with Crippen LogP contribution in [-0.4, -0.2) is 52.8 Å². The van der Waals surface area contributed by atoms with Crippen molar-refractivity contribution in [1.82, 2.24) is 10.2 Å². The third-order valence-corrected chi connectivity index (χ3v) is 3.72. The zero-order valence-corrected chi connectivity index (χ0v) is 13.5. The molecule has 0 atom stereocenters. The molecular formula is C15H26N2O4. The molecule has 0 bridgehead atoms. The zero-order chi connectivity index (χ0) is 16.5. The fourth-order valence-corrected chi connectivity index (χ4v) is 2.18. The number of nitrogens with one attached hydrogen (secondary N) is 1. The lowest BCUT2D eigenvalue weighted by Gasteiger charge is -2.55. The number of hydrogen-bond acceptors (Lipinski definition) is 4. The molecule has 1 aliphatic heterocycles. The first-order valence-electron chi connectivity index (χ1n) is 7.01. The van der Waals surface area contributed by atoms with Gasteiger partial charge in [0.05, 0.1) is 11.0 Å². The average Bonchev–Trinajstić information content (AvgIpc) is 2.22. The van der Waals surface area contributed by atoms with Crippen LogP contribution in [0, 0.1) is 5.41 Å². The lowest BCUT2D eigenvalue weighted by Crippen LogP contribution is -2.70. The first kappa shape index (κ1) is 17.5. The van der Waals surface area contributed by atoms with Gasteiger partial charge in [-0.1, -0.05) is 6.58 Å². The van der Waals surface area contributed by atoms with Crippen LogP contribution in [0.25, 0.3) is 0 Å². The van der Waals surface area contributed by atoms with Crippen LogP contribution in [0.3, 0.4) is 0 Å². The highest BCUT2D eigenvalue weighted by Gasteiger charge is 2.55. The molecule has 0 aromatic carbocycles. The first-order valence-corrected chi connectivity index (χ1v) is 7.01. The normalized spacial score (nSPS) is 17.7. The van der Waals surface area contributed by atoms with Crippen molar-refractivity contribution in [2.45, 2.75) is 45.8 Å². The number of hydrogen-bond donors (Lipinski definition) is 2. The van der Waals surface area contributed by atoms with Gasteiger partial charge in [0, 0.05) is 19.6 Å². The van der Waals surface area contributed by atoms with E-state index in [-0.39, 0.29) is 12.5 Å². The van der Waals surface area contributed by atoms with Crippen LogP contribution >= 0.6 is 0 Å². The van der Waals surface area contributed by atoms with Crippen LogP contribution in [0.15, 0.2) is 12.7 Å². The number of likely N-dealkylation sites (tertiary alicyclic amines) is 1. The van der Waals surface area contributed by atoms with Crippen LogP contribution in [-0.2, 0) is 9.53 Å². The maximum absolute atomic E-state index is 12.0. The average molecular weight is 298 g/mol. The Bertz CT molecular complexity index is 426. The minimum atomic E-state index is -1.03. The summed E-state index contributed by atoms with van der Waals surface area (Å²) >= 11 is 0. The molecule has 1 fully saturated rings. The van der Waals surface area contributed by atoms with Gasteiger partial charge in [-0.05, 0) is 40.7 Å². The third kappa shape index (κ3) is 4.20. The second kappa shape index (κ2) is 5.67. The van der Waals surface area contributed by atoms with E-state index in [4.69, 9.17) is 4.74 Å². The van der Waals surface area contributed by atoms with E-state index in [9.17, 15) is 14.7 Å². The SMILES string of the molecule is C=CC(=O)NCC1(C(C)(C)O)CN(C(=O)OC(C)(C)C)C1. The quantitative estimate of drug-likeness (QED) is 0.767. The van der Waals surface area contributed by atoms with Gasteiger partial charge in [-0.3, -0.25) is 4.79 Å². The molecular weight excluding hydrogens is 272 g/mol. The molecule has 21 heavy (non-hydrogen) atoms. The van der Waals surface area contributed by atoms with E-state index < -0.39 is 22.7 Å². The second-order valence-corrected chi connectivity index (χ2v) is 7.10. The smallest absolute Gasteiger partial charge is 0.410 e. The predicted molar refractivity (Wildman–Crippen MR) is 79.7 cm³/mol. The van der Waals surface area contributed by atoms with Crippen molar-refractivity contribution in [3.05, 3.63) is 12.7 Å². The number of nitrogens with zero attached hydrogens (tertiary/aromatic N) is 1. The topological polar surface area (TPSA) is 78.9 Å². The summed E-state index contributed by atoms with van der Waals surface area (Å²) < 4.78 is 5.30. The van der Waals surface area contributed by atoms with Gasteiger partial charge in [0.1, 0.15) is 5.60 Å². The fraction of sp³-hybridized carbons (Fsp3) is 0.733. The molecule has 0 saturated carbocycles. The fourth-order valence-electron chi connectivity index (χ4n) is 2.18. The Balaban J connectivity index is 2.69. The first-order chi connectivity index (χ1) is 9.40. The molecule has 2 amide bonds. The number of ether oxygens (including phenoxy) is 1. The van der Waals surface area contributed by atoms with E-state index in [1.807, 2.05) is 0 Å². The summed E-state index contributed by atoms with van der Waals surface area (Å²) in [5, 5.41) is 13.0. The van der Waals surface area contributed by atoms with E-state index in [2.05, 4.69) is 11.9 Å². The van der Waals surface area contributed by atoms with Gasteiger partial charge in [0.15, 0.2) is 0 Å². The Morgan fingerprint density at radius 3 is 2.24 bits per heavy atom. The Morgan fingerprint density at radius 1 is 1.33 bits per heavy atom. The molecule has 0 radical (unpaired) electrons. The predicted octanol–water partition coefficient (Wildman–Crippen LogP) is 1.30. The van der Waals surface area contributed by atoms with Gasteiger partial charge in [-0.15, -0.1) is 0 Å². The van der Waals surface area contributed by atoms with Gasteiger partial charge >= 0.3 is 6.09 Å². The molecule has 2 N–H and O–H groups in total. The summed E-state index contributed by atoms with van der Waals surface area (Å²) in [6.07, 6.45) is 0.778. The van der Waals surface area contributed by atoms with E-state index in [0.717, 1.165) is 0 Å². The maximum atomic E-state index is 12.0. The largest absolute Gasteiger partial charge is 0.444 e. The zero-order valence-electron chi connectivity index (χ0n) is 13.5. The van der Waals surface area contributed by atoms with Gasteiger partial charge in [0.2, 0.25) is 5.91 Å². The molecule has 1 rings (SSSR count). The highest BCUT2D eigenvalue weighted by molar-refractivity contribution is 5.86. The van der Waals surface area contributed by atoms with Gasteiger partial charge in [0.25, 0.3) is 0 Å². The van der Waals surface area contributed by atoms with Crippen molar-refractivity contribution < 1.29 is 19.4 Å². The summed E-state index contributed by atoms with van der Waals surface area (Å²) in [5.74, 6) is -0.297. The number of rotatable bonds is 4. The van der Waals surface area contributed by atoms with Gasteiger partial charge < -0.3 is 20.1 Å². The molecule has 0 aromatic heterocycles. The van der Waals surface area contributed by atoms with Crippen molar-refractivity contribution in [3.8, 4) is 0 Å². The van der Waals surface area contributed by atoms with E-state index in [0.29, 0.717) is 13.1 Å². The summed E-state index contributed by atoms with van der Waals surface area (Å²) in [4.78, 5) is 24.8. The third-order valence-electron chi connectivity index (χ3n) is 3.72. The van der Waals surface area contributed by atoms with Crippen LogP contribution in [0.4, 0.5) is 4.79 Å². The molecule has 6 nitrogen and oxygen atoms in total. The Hall–Kier alpha value is -1.56. The van der Waals surface area contributed by atoms with Crippen LogP contribution < -0.4 is 5.32 Å². The Kier molecular flexibility index (Phi) is 4.73. The molecule has 0 unspecified atom stereocenters. The van der Waals surface area contributed by atoms with E-state index >= 15 is 0 Å². The minimum absolute atomic E-state index is 0.278. The molecule has 120 valence electrons. The Morgan fingerprint density at radius 2 is 1.86 bits per heavy atom. The molecule has 6 heteroatoms. The van der Waals surface area contributed by atoms with Crippen LogP contribution in [0.5, 0.6) is 0 Å². The molecule has 1 saturated heterocycles. The monoisotopic (exact) mass is 298 g/mol. The van der Waals surface area contributed by atoms with Crippen molar-refractivity contribution in [3.63, 3.8) is 0 Å². The van der Waals surface area contributed by atoms with Gasteiger partial charge in [-0.2, -0.15) is 0 Å². The Labute approximate surface area is 126 Å². The molecule has 0 aromatic rings. The summed E-state index contributed by atoms with van der Waals surface area (Å²) in [7, 11) is 0. The van der Waals surface area contributed by atoms with E-state index in [1.54, 1.807) is 34.6 Å². The lowest BCUT2D eigenvalue weighted by atomic mass is 9.67. The summed E-state index contributed by atoms with van der Waals surface area (Å²) in [6.45, 7) is 13.1. The van der Waals surface area contributed by atoms with Crippen molar-refractivity contribution >= 4 is 12.0 Å². The van der Waals surface area contributed by atoms with Crippen molar-refractivity contribution in [2.75, 3.05) is 19.6 Å². The molecule has 0 aliphatic carbocycles.